The molecule has 1 aromatic carbocycles. The zero-order valence-electron chi connectivity index (χ0n) is 11.1. The molecule has 0 unspecified atom stereocenters. The molecule has 110 valence electrons. The second kappa shape index (κ2) is 7.85. The van der Waals surface area contributed by atoms with Gasteiger partial charge in [-0.25, -0.2) is 5.10 Å². The van der Waals surface area contributed by atoms with Gasteiger partial charge in [-0.1, -0.05) is 23.7 Å². The van der Waals surface area contributed by atoms with Gasteiger partial charge in [-0.05, 0) is 23.8 Å². The van der Waals surface area contributed by atoms with Crippen LogP contribution in [0.2, 0.25) is 5.02 Å². The summed E-state index contributed by atoms with van der Waals surface area (Å²) in [6.45, 7) is 0.540. The van der Waals surface area contributed by atoms with Gasteiger partial charge in [-0.3, -0.25) is 9.59 Å². The molecule has 7 heteroatoms. The topological polar surface area (TPSA) is 74.8 Å². The fourth-order valence-electron chi connectivity index (χ4n) is 1.57. The zero-order valence-corrected chi connectivity index (χ0v) is 12.7. The van der Waals surface area contributed by atoms with Gasteiger partial charge in [-0.15, -0.1) is 0 Å². The molecule has 2 N–H and O–H groups in total. The summed E-state index contributed by atoms with van der Waals surface area (Å²) >= 11 is 7.53. The Kier molecular flexibility index (Phi) is 5.83. The minimum absolute atomic E-state index is 0.206. The van der Waals surface area contributed by atoms with Crippen molar-refractivity contribution in [2.24, 2.45) is 0 Å². The van der Waals surface area contributed by atoms with E-state index in [-0.39, 0.29) is 17.2 Å². The minimum Gasteiger partial charge on any atom is -0.350 e. The number of rotatable bonds is 6. The SMILES string of the molecule is O=C(NCCSCc1ccc(Cl)cc1)c1ccc(=O)[nH]n1. The van der Waals surface area contributed by atoms with Crippen LogP contribution in [0.15, 0.2) is 41.2 Å². The lowest BCUT2D eigenvalue weighted by atomic mass is 10.2. The summed E-state index contributed by atoms with van der Waals surface area (Å²) in [5.41, 5.74) is 1.07. The van der Waals surface area contributed by atoms with Crippen LogP contribution in [0.5, 0.6) is 0 Å². The molecule has 0 spiro atoms. The Morgan fingerprint density at radius 1 is 1.24 bits per heavy atom. The van der Waals surface area contributed by atoms with Crippen LogP contribution in [0.3, 0.4) is 0 Å². The van der Waals surface area contributed by atoms with E-state index in [4.69, 9.17) is 11.6 Å². The third-order valence-corrected chi connectivity index (χ3v) is 3.91. The van der Waals surface area contributed by atoms with Gasteiger partial charge in [0.15, 0.2) is 0 Å². The fourth-order valence-corrected chi connectivity index (χ4v) is 2.51. The first kappa shape index (κ1) is 15.6. The quantitative estimate of drug-likeness (QED) is 0.798. The molecule has 2 rings (SSSR count). The highest BCUT2D eigenvalue weighted by Gasteiger charge is 2.05. The van der Waals surface area contributed by atoms with E-state index in [1.54, 1.807) is 11.8 Å². The van der Waals surface area contributed by atoms with Gasteiger partial charge in [0.1, 0.15) is 5.69 Å². The van der Waals surface area contributed by atoms with Gasteiger partial charge in [0, 0.05) is 29.1 Å². The van der Waals surface area contributed by atoms with E-state index in [0.717, 1.165) is 16.5 Å². The number of nitrogens with one attached hydrogen (secondary N) is 2. The second-order valence-electron chi connectivity index (χ2n) is 4.24. The zero-order chi connectivity index (χ0) is 15.1. The predicted octanol–water partition coefficient (Wildman–Crippen LogP) is 2.09. The lowest BCUT2D eigenvalue weighted by molar-refractivity contribution is 0.0950. The summed E-state index contributed by atoms with van der Waals surface area (Å²) in [6, 6.07) is 10.4. The van der Waals surface area contributed by atoms with Gasteiger partial charge in [0.25, 0.3) is 11.5 Å². The maximum atomic E-state index is 11.7. The monoisotopic (exact) mass is 323 g/mol. The van der Waals surface area contributed by atoms with Crippen molar-refractivity contribution in [1.82, 2.24) is 15.5 Å². The molecule has 1 aromatic heterocycles. The Bertz CT molecular complexity index is 638. The first-order valence-corrected chi connectivity index (χ1v) is 7.84. The Hall–Kier alpha value is -1.79. The molecule has 0 bridgehead atoms. The second-order valence-corrected chi connectivity index (χ2v) is 5.78. The van der Waals surface area contributed by atoms with Crippen LogP contribution in [0.25, 0.3) is 0 Å². The molecule has 0 atom stereocenters. The van der Waals surface area contributed by atoms with Crippen LogP contribution in [-0.2, 0) is 5.75 Å². The summed E-state index contributed by atoms with van der Waals surface area (Å²) in [4.78, 5) is 22.5. The highest BCUT2D eigenvalue weighted by Crippen LogP contribution is 2.14. The predicted molar refractivity (Wildman–Crippen MR) is 84.8 cm³/mol. The molecule has 0 aliphatic heterocycles. The number of aromatic nitrogens is 2. The van der Waals surface area contributed by atoms with E-state index in [0.29, 0.717) is 6.54 Å². The number of hydrogen-bond donors (Lipinski definition) is 2. The number of amides is 1. The molecule has 2 aromatic rings. The van der Waals surface area contributed by atoms with Crippen LogP contribution in [0.1, 0.15) is 16.1 Å². The number of thioether (sulfide) groups is 1. The van der Waals surface area contributed by atoms with Crippen LogP contribution in [0.4, 0.5) is 0 Å². The first-order valence-electron chi connectivity index (χ1n) is 6.31. The number of carbonyl (C=O) groups is 1. The molecule has 1 heterocycles. The van der Waals surface area contributed by atoms with E-state index >= 15 is 0 Å². The third kappa shape index (κ3) is 5.24. The first-order chi connectivity index (χ1) is 10.1. The van der Waals surface area contributed by atoms with E-state index in [9.17, 15) is 9.59 Å². The maximum Gasteiger partial charge on any atom is 0.271 e. The van der Waals surface area contributed by atoms with Crippen LogP contribution >= 0.6 is 23.4 Å². The number of hydrogen-bond acceptors (Lipinski definition) is 4. The van der Waals surface area contributed by atoms with Crippen molar-refractivity contribution in [1.29, 1.82) is 0 Å². The summed E-state index contributed by atoms with van der Waals surface area (Å²) in [7, 11) is 0. The van der Waals surface area contributed by atoms with Crippen LogP contribution in [0, 0.1) is 0 Å². The van der Waals surface area contributed by atoms with Gasteiger partial charge >= 0.3 is 0 Å². The van der Waals surface area contributed by atoms with Crippen LogP contribution < -0.4 is 10.9 Å². The molecular weight excluding hydrogens is 310 g/mol. The molecule has 0 aliphatic rings. The Labute approximate surface area is 131 Å². The Morgan fingerprint density at radius 2 is 2.00 bits per heavy atom. The van der Waals surface area contributed by atoms with Crippen molar-refractivity contribution < 1.29 is 4.79 Å². The van der Waals surface area contributed by atoms with Crippen molar-refractivity contribution in [3.63, 3.8) is 0 Å². The largest absolute Gasteiger partial charge is 0.350 e. The number of aromatic amines is 1. The van der Waals surface area contributed by atoms with E-state index < -0.39 is 0 Å². The fraction of sp³-hybridized carbons (Fsp3) is 0.214. The molecule has 5 nitrogen and oxygen atoms in total. The van der Waals surface area contributed by atoms with Gasteiger partial charge in [-0.2, -0.15) is 16.9 Å². The summed E-state index contributed by atoms with van der Waals surface area (Å²) in [5, 5.41) is 9.36. The smallest absolute Gasteiger partial charge is 0.271 e. The number of H-pyrrole nitrogens is 1. The minimum atomic E-state index is -0.329. The van der Waals surface area contributed by atoms with Crippen molar-refractivity contribution in [3.05, 3.63) is 63.0 Å². The lowest BCUT2D eigenvalue weighted by Gasteiger charge is -2.04. The molecule has 0 saturated carbocycles. The van der Waals surface area contributed by atoms with Crippen molar-refractivity contribution in [2.45, 2.75) is 5.75 Å². The molecule has 0 aliphatic carbocycles. The van der Waals surface area contributed by atoms with Crippen molar-refractivity contribution in [2.75, 3.05) is 12.3 Å². The summed E-state index contributed by atoms with van der Waals surface area (Å²) < 4.78 is 0. The van der Waals surface area contributed by atoms with Crippen molar-refractivity contribution in [3.8, 4) is 0 Å². The number of nitrogens with zero attached hydrogens (tertiary/aromatic N) is 1. The summed E-state index contributed by atoms with van der Waals surface area (Å²) in [6.07, 6.45) is 0. The highest BCUT2D eigenvalue weighted by molar-refractivity contribution is 7.98. The lowest BCUT2D eigenvalue weighted by Crippen LogP contribution is -2.27. The van der Waals surface area contributed by atoms with Gasteiger partial charge in [0.2, 0.25) is 0 Å². The molecular formula is C14H14ClN3O2S. The number of benzene rings is 1. The molecule has 0 fully saturated rings. The molecule has 0 saturated heterocycles. The summed E-state index contributed by atoms with van der Waals surface area (Å²) in [5.74, 6) is 1.36. The number of halogens is 1. The normalized spacial score (nSPS) is 10.3. The standard InChI is InChI=1S/C14H14ClN3O2S/c15-11-3-1-10(2-4-11)9-21-8-7-16-14(20)12-5-6-13(19)18-17-12/h1-6H,7-9H2,(H,16,20)(H,18,19). The van der Waals surface area contributed by atoms with Gasteiger partial charge in [0.05, 0.1) is 0 Å². The Balaban J connectivity index is 1.67. The molecule has 0 radical (unpaired) electrons. The van der Waals surface area contributed by atoms with Crippen LogP contribution in [-0.4, -0.2) is 28.4 Å². The van der Waals surface area contributed by atoms with Crippen molar-refractivity contribution >= 4 is 29.3 Å². The van der Waals surface area contributed by atoms with E-state index in [2.05, 4.69) is 15.5 Å². The highest BCUT2D eigenvalue weighted by atomic mass is 35.5. The number of carbonyl (C=O) groups excluding carboxylic acids is 1. The van der Waals surface area contributed by atoms with E-state index in [1.165, 1.54) is 17.7 Å². The van der Waals surface area contributed by atoms with Gasteiger partial charge < -0.3 is 5.32 Å². The average Bonchev–Trinajstić information content (AvgIpc) is 2.49. The maximum absolute atomic E-state index is 11.7. The van der Waals surface area contributed by atoms with E-state index in [1.807, 2.05) is 24.3 Å². The third-order valence-electron chi connectivity index (χ3n) is 2.63. The Morgan fingerprint density at radius 3 is 2.67 bits per heavy atom. The molecule has 21 heavy (non-hydrogen) atoms. The average molecular weight is 324 g/mol. The molecule has 1 amide bonds.